The third-order valence-corrected chi connectivity index (χ3v) is 2.82. The molecule has 0 aliphatic carbocycles. The van der Waals surface area contributed by atoms with Gasteiger partial charge in [0.2, 0.25) is 0 Å². The van der Waals surface area contributed by atoms with Crippen molar-refractivity contribution in [3.8, 4) is 0 Å². The predicted molar refractivity (Wildman–Crippen MR) is 78.6 cm³/mol. The summed E-state index contributed by atoms with van der Waals surface area (Å²) in [4.78, 5) is 16.0. The maximum Gasteiger partial charge on any atom is 0.407 e. The van der Waals surface area contributed by atoms with Gasteiger partial charge in [-0.15, -0.1) is 0 Å². The average Bonchev–Trinajstić information content (AvgIpc) is 2.70. The van der Waals surface area contributed by atoms with E-state index in [0.29, 0.717) is 18.2 Å². The van der Waals surface area contributed by atoms with Gasteiger partial charge in [0, 0.05) is 7.05 Å². The Morgan fingerprint density at radius 2 is 2.10 bits per heavy atom. The topological polar surface area (TPSA) is 89.3 Å². The second-order valence-corrected chi connectivity index (χ2v) is 6.57. The molecule has 1 rings (SSSR count). The average molecular weight is 298 g/mol. The maximum absolute atomic E-state index is 11.9. The van der Waals surface area contributed by atoms with Crippen molar-refractivity contribution in [2.45, 2.75) is 58.8 Å². The van der Waals surface area contributed by atoms with Gasteiger partial charge in [0.25, 0.3) is 0 Å². The summed E-state index contributed by atoms with van der Waals surface area (Å²) in [5, 5.41) is 17.1. The summed E-state index contributed by atoms with van der Waals surface area (Å²) < 4.78 is 6.74. The van der Waals surface area contributed by atoms with Crippen LogP contribution in [0.25, 0.3) is 0 Å². The number of hydrogen-bond acceptors (Lipinski definition) is 5. The Kier molecular flexibility index (Phi) is 5.71. The number of amides is 1. The molecular weight excluding hydrogens is 272 g/mol. The maximum atomic E-state index is 11.9. The van der Waals surface area contributed by atoms with Gasteiger partial charge in [-0.05, 0) is 33.1 Å². The van der Waals surface area contributed by atoms with Crippen molar-refractivity contribution in [3.63, 3.8) is 0 Å². The van der Waals surface area contributed by atoms with Gasteiger partial charge in [-0.25, -0.2) is 9.78 Å². The van der Waals surface area contributed by atoms with Crippen molar-refractivity contribution in [1.29, 1.82) is 0 Å². The van der Waals surface area contributed by atoms with Crippen molar-refractivity contribution >= 4 is 6.09 Å². The van der Waals surface area contributed by atoms with Crippen LogP contribution in [0.5, 0.6) is 0 Å². The van der Waals surface area contributed by atoms with Crippen LogP contribution in [0.2, 0.25) is 0 Å². The van der Waals surface area contributed by atoms with E-state index >= 15 is 0 Å². The number of nitrogens with zero attached hydrogens (tertiary/aromatic N) is 3. The summed E-state index contributed by atoms with van der Waals surface area (Å²) in [7, 11) is 1.70. The number of aryl methyl sites for hydroxylation is 1. The minimum Gasteiger partial charge on any atom is -0.444 e. The number of hydrogen-bond donors (Lipinski definition) is 2. The van der Waals surface area contributed by atoms with Crippen molar-refractivity contribution < 1.29 is 14.6 Å². The summed E-state index contributed by atoms with van der Waals surface area (Å²) >= 11 is 0. The highest BCUT2D eigenvalue weighted by Crippen LogP contribution is 2.20. The summed E-state index contributed by atoms with van der Waals surface area (Å²) in [6.07, 6.45) is 0.493. The molecule has 0 aromatic carbocycles. The first-order valence-electron chi connectivity index (χ1n) is 7.11. The fourth-order valence-corrected chi connectivity index (χ4v) is 1.99. The molecule has 0 aliphatic rings. The number of nitrogens with one attached hydrogen (secondary N) is 1. The summed E-state index contributed by atoms with van der Waals surface area (Å²) in [6, 6.07) is -0.484. The monoisotopic (exact) mass is 298 g/mol. The molecule has 120 valence electrons. The lowest BCUT2D eigenvalue weighted by Gasteiger charge is -2.27. The Balaban J connectivity index is 2.81. The molecule has 1 aromatic heterocycles. The van der Waals surface area contributed by atoms with Gasteiger partial charge in [0.1, 0.15) is 18.0 Å². The van der Waals surface area contributed by atoms with Gasteiger partial charge in [-0.2, -0.15) is 5.10 Å². The summed E-state index contributed by atoms with van der Waals surface area (Å²) in [6.45, 7) is 9.43. The molecule has 0 aliphatic heterocycles. The number of carbonyl (C=O) groups is 1. The molecule has 21 heavy (non-hydrogen) atoms. The zero-order chi connectivity index (χ0) is 16.2. The van der Waals surface area contributed by atoms with Crippen LogP contribution in [0.1, 0.15) is 53.0 Å². The van der Waals surface area contributed by atoms with E-state index in [9.17, 15) is 9.90 Å². The lowest BCUT2D eigenvalue weighted by atomic mass is 9.99. The number of alkyl carbamates (subject to hydrolysis) is 1. The molecule has 1 heterocycles. The minimum atomic E-state index is -0.938. The molecule has 0 saturated carbocycles. The summed E-state index contributed by atoms with van der Waals surface area (Å²) in [5.74, 6) is 0.713. The molecule has 0 fully saturated rings. The molecule has 0 saturated heterocycles. The van der Waals surface area contributed by atoms with E-state index in [0.717, 1.165) is 0 Å². The number of ether oxygens (including phenoxy) is 1. The largest absolute Gasteiger partial charge is 0.444 e. The molecule has 0 bridgehead atoms. The van der Waals surface area contributed by atoms with Crippen LogP contribution >= 0.6 is 0 Å². The van der Waals surface area contributed by atoms with Crippen LogP contribution < -0.4 is 5.32 Å². The Hall–Kier alpha value is -1.63. The van der Waals surface area contributed by atoms with Crippen LogP contribution in [0.15, 0.2) is 6.33 Å². The smallest absolute Gasteiger partial charge is 0.407 e. The normalized spacial score (nSPS) is 14.9. The molecule has 1 amide bonds. The predicted octanol–water partition coefficient (Wildman–Crippen LogP) is 1.79. The molecule has 1 aromatic rings. The molecular formula is C14H26N4O3. The number of carbonyl (C=O) groups excluding carboxylic acids is 1. The third kappa shape index (κ3) is 5.71. The van der Waals surface area contributed by atoms with Crippen molar-refractivity contribution in [2.75, 3.05) is 0 Å². The second kappa shape index (κ2) is 6.89. The van der Waals surface area contributed by atoms with E-state index in [4.69, 9.17) is 4.74 Å². The fourth-order valence-electron chi connectivity index (χ4n) is 1.99. The SMILES string of the molecule is CC(C)C[C@@H](NC(=O)OC(C)(C)C)[C@H](O)c1ncnn1C. The number of aliphatic hydroxyl groups excluding tert-OH is 1. The van der Waals surface area contributed by atoms with Crippen molar-refractivity contribution in [3.05, 3.63) is 12.2 Å². The van der Waals surface area contributed by atoms with Crippen LogP contribution in [-0.4, -0.2) is 37.6 Å². The highest BCUT2D eigenvalue weighted by Gasteiger charge is 2.28. The Morgan fingerprint density at radius 1 is 1.48 bits per heavy atom. The van der Waals surface area contributed by atoms with Crippen molar-refractivity contribution in [1.82, 2.24) is 20.1 Å². The minimum absolute atomic E-state index is 0.299. The van der Waals surface area contributed by atoms with E-state index in [1.54, 1.807) is 27.8 Å². The first-order valence-corrected chi connectivity index (χ1v) is 7.11. The summed E-state index contributed by atoms with van der Waals surface area (Å²) in [5.41, 5.74) is -0.581. The number of rotatable bonds is 5. The van der Waals surface area contributed by atoms with E-state index in [2.05, 4.69) is 15.4 Å². The zero-order valence-corrected chi connectivity index (χ0v) is 13.6. The fraction of sp³-hybridized carbons (Fsp3) is 0.786. The Labute approximate surface area is 125 Å². The number of aromatic nitrogens is 3. The van der Waals surface area contributed by atoms with Gasteiger partial charge in [-0.3, -0.25) is 4.68 Å². The van der Waals surface area contributed by atoms with Crippen molar-refractivity contribution in [2.24, 2.45) is 13.0 Å². The van der Waals surface area contributed by atoms with E-state index in [-0.39, 0.29) is 0 Å². The molecule has 7 nitrogen and oxygen atoms in total. The number of aliphatic hydroxyl groups is 1. The molecule has 0 unspecified atom stereocenters. The third-order valence-electron chi connectivity index (χ3n) is 2.82. The second-order valence-electron chi connectivity index (χ2n) is 6.57. The zero-order valence-electron chi connectivity index (χ0n) is 13.6. The van der Waals surface area contributed by atoms with Gasteiger partial charge in [0.15, 0.2) is 5.82 Å². The molecule has 2 atom stereocenters. The Bertz CT molecular complexity index is 465. The van der Waals surface area contributed by atoms with Gasteiger partial charge in [0.05, 0.1) is 6.04 Å². The lowest BCUT2D eigenvalue weighted by Crippen LogP contribution is -2.43. The standard InChI is InChI=1S/C14H26N4O3/c1-9(2)7-10(17-13(20)21-14(3,4)5)11(19)12-15-8-16-18(12)6/h8-11,19H,7H2,1-6H3,(H,17,20)/t10-,11+/m1/s1. The highest BCUT2D eigenvalue weighted by molar-refractivity contribution is 5.68. The van der Waals surface area contributed by atoms with E-state index in [1.165, 1.54) is 11.0 Å². The highest BCUT2D eigenvalue weighted by atomic mass is 16.6. The van der Waals surface area contributed by atoms with Gasteiger partial charge in [-0.1, -0.05) is 13.8 Å². The van der Waals surface area contributed by atoms with E-state index in [1.807, 2.05) is 13.8 Å². The molecule has 0 radical (unpaired) electrons. The first kappa shape index (κ1) is 17.4. The first-order chi connectivity index (χ1) is 9.60. The van der Waals surface area contributed by atoms with Gasteiger partial charge < -0.3 is 15.2 Å². The lowest BCUT2D eigenvalue weighted by molar-refractivity contribution is 0.0387. The van der Waals surface area contributed by atoms with Crippen LogP contribution in [0.4, 0.5) is 4.79 Å². The molecule has 0 spiro atoms. The quantitative estimate of drug-likeness (QED) is 0.865. The van der Waals surface area contributed by atoms with Gasteiger partial charge >= 0.3 is 6.09 Å². The van der Waals surface area contributed by atoms with Crippen LogP contribution in [0, 0.1) is 5.92 Å². The Morgan fingerprint density at radius 3 is 2.52 bits per heavy atom. The molecule has 2 N–H and O–H groups in total. The van der Waals surface area contributed by atoms with E-state index < -0.39 is 23.8 Å². The molecule has 7 heteroatoms. The van der Waals surface area contributed by atoms with Crippen LogP contribution in [0.3, 0.4) is 0 Å². The van der Waals surface area contributed by atoms with Crippen LogP contribution in [-0.2, 0) is 11.8 Å².